The Hall–Kier alpha value is -4.05. The molecule has 5 rings (SSSR count). The van der Waals surface area contributed by atoms with Crippen LogP contribution in [0.15, 0.2) is 89.2 Å². The maximum atomic E-state index is 13.5. The van der Waals surface area contributed by atoms with Crippen LogP contribution < -0.4 is 5.32 Å². The number of nitrogens with one attached hydrogen (secondary N) is 1. The Morgan fingerprint density at radius 3 is 2.59 bits per heavy atom. The van der Waals surface area contributed by atoms with Crippen LogP contribution in [0.3, 0.4) is 0 Å². The van der Waals surface area contributed by atoms with Crippen LogP contribution in [0.25, 0.3) is 11.3 Å². The van der Waals surface area contributed by atoms with E-state index in [9.17, 15) is 17.6 Å². The molecular weight excluding hydrogens is 457 g/mol. The standard InChI is InChI=1S/C24H20FN5O3S/c25-20-9-6-18(7-10-20)22-23(30(16-26-22)14-17-4-2-1-3-5-17)27-24(31)19-8-11-21-28-34(32,33)13-12-29(21)15-19/h1-11,15-16H,12-14H2,(H,27,31). The first-order valence-corrected chi connectivity index (χ1v) is 12.1. The number of carbonyl (C=O) groups is 1. The van der Waals surface area contributed by atoms with E-state index in [-0.39, 0.29) is 29.9 Å². The summed E-state index contributed by atoms with van der Waals surface area (Å²) in [6.45, 7) is 0.690. The summed E-state index contributed by atoms with van der Waals surface area (Å²) in [5, 5.41) is 2.94. The fourth-order valence-corrected chi connectivity index (χ4v) is 4.72. The lowest BCUT2D eigenvalue weighted by Crippen LogP contribution is -2.37. The third-order valence-electron chi connectivity index (χ3n) is 5.47. The molecule has 2 aromatic carbocycles. The maximum Gasteiger partial charge on any atom is 0.258 e. The Morgan fingerprint density at radius 2 is 1.82 bits per heavy atom. The highest BCUT2D eigenvalue weighted by atomic mass is 32.2. The molecule has 3 aromatic rings. The average Bonchev–Trinajstić information content (AvgIpc) is 3.21. The zero-order valence-corrected chi connectivity index (χ0v) is 18.7. The first-order valence-electron chi connectivity index (χ1n) is 10.5. The second kappa shape index (κ2) is 8.71. The molecule has 2 aliphatic heterocycles. The highest BCUT2D eigenvalue weighted by molar-refractivity contribution is 7.90. The van der Waals surface area contributed by atoms with Gasteiger partial charge in [-0.3, -0.25) is 4.79 Å². The monoisotopic (exact) mass is 477 g/mol. The molecular formula is C24H20FN5O3S. The second-order valence-electron chi connectivity index (χ2n) is 7.86. The Morgan fingerprint density at radius 1 is 1.06 bits per heavy atom. The van der Waals surface area contributed by atoms with Crippen LogP contribution in [0.4, 0.5) is 10.2 Å². The van der Waals surface area contributed by atoms with E-state index in [0.29, 0.717) is 29.2 Å². The summed E-state index contributed by atoms with van der Waals surface area (Å²) in [6.07, 6.45) is 6.25. The zero-order chi connectivity index (χ0) is 23.7. The summed E-state index contributed by atoms with van der Waals surface area (Å²) in [5.74, 6) is -0.119. The van der Waals surface area contributed by atoms with E-state index in [2.05, 4.69) is 14.7 Å². The van der Waals surface area contributed by atoms with Gasteiger partial charge in [0.2, 0.25) is 0 Å². The van der Waals surface area contributed by atoms with Crippen molar-refractivity contribution in [1.29, 1.82) is 0 Å². The van der Waals surface area contributed by atoms with Gasteiger partial charge in [-0.1, -0.05) is 30.3 Å². The number of anilines is 1. The van der Waals surface area contributed by atoms with Crippen molar-refractivity contribution in [2.75, 3.05) is 17.6 Å². The Balaban J connectivity index is 1.46. The number of rotatable bonds is 5. The zero-order valence-electron chi connectivity index (χ0n) is 17.9. The molecule has 0 fully saturated rings. The number of halogens is 1. The highest BCUT2D eigenvalue weighted by Gasteiger charge is 2.26. The molecule has 0 atom stereocenters. The topological polar surface area (TPSA) is 96.7 Å². The van der Waals surface area contributed by atoms with Crippen LogP contribution in [-0.4, -0.2) is 46.9 Å². The first-order chi connectivity index (χ1) is 16.4. The summed E-state index contributed by atoms with van der Waals surface area (Å²) < 4.78 is 42.5. The largest absolute Gasteiger partial charge is 0.330 e. The normalized spacial score (nSPS) is 16.4. The molecule has 10 heteroatoms. The van der Waals surface area contributed by atoms with Gasteiger partial charge in [0.15, 0.2) is 0 Å². The molecule has 2 aliphatic rings. The molecule has 1 amide bonds. The van der Waals surface area contributed by atoms with Crippen molar-refractivity contribution in [1.82, 2.24) is 14.5 Å². The lowest BCUT2D eigenvalue weighted by atomic mass is 10.1. The van der Waals surface area contributed by atoms with Gasteiger partial charge in [0.1, 0.15) is 23.2 Å². The minimum atomic E-state index is -3.48. The molecule has 3 heterocycles. The number of imidazole rings is 1. The van der Waals surface area contributed by atoms with Crippen molar-refractivity contribution in [2.45, 2.75) is 6.54 Å². The minimum Gasteiger partial charge on any atom is -0.330 e. The summed E-state index contributed by atoms with van der Waals surface area (Å²) in [4.78, 5) is 19.3. The molecule has 0 aliphatic carbocycles. The number of hydrogen-bond donors (Lipinski definition) is 1. The molecule has 0 radical (unpaired) electrons. The van der Waals surface area contributed by atoms with E-state index in [1.807, 2.05) is 34.9 Å². The van der Waals surface area contributed by atoms with Gasteiger partial charge in [0.05, 0.1) is 24.2 Å². The third kappa shape index (κ3) is 4.53. The number of hydrogen-bond acceptors (Lipinski definition) is 5. The van der Waals surface area contributed by atoms with Crippen LogP contribution in [0.1, 0.15) is 5.56 Å². The summed E-state index contributed by atoms with van der Waals surface area (Å²) in [7, 11) is -3.48. The smallest absolute Gasteiger partial charge is 0.258 e. The van der Waals surface area contributed by atoms with Crippen LogP contribution >= 0.6 is 0 Å². The molecule has 0 saturated carbocycles. The Kier molecular flexibility index (Phi) is 5.58. The maximum absolute atomic E-state index is 13.5. The predicted molar refractivity (Wildman–Crippen MR) is 127 cm³/mol. The number of benzene rings is 2. The van der Waals surface area contributed by atoms with Gasteiger partial charge in [0, 0.05) is 18.3 Å². The van der Waals surface area contributed by atoms with E-state index in [1.54, 1.807) is 29.6 Å². The number of nitrogens with zero attached hydrogens (tertiary/aromatic N) is 4. The first kappa shape index (κ1) is 21.8. The highest BCUT2D eigenvalue weighted by Crippen LogP contribution is 2.28. The minimum absolute atomic E-state index is 0.117. The van der Waals surface area contributed by atoms with E-state index >= 15 is 0 Å². The predicted octanol–water partition coefficient (Wildman–Crippen LogP) is 3.17. The van der Waals surface area contributed by atoms with Gasteiger partial charge in [0.25, 0.3) is 15.9 Å². The lowest BCUT2D eigenvalue weighted by molar-refractivity contribution is -0.112. The van der Waals surface area contributed by atoms with Gasteiger partial charge in [-0.2, -0.15) is 0 Å². The molecule has 0 saturated heterocycles. The fourth-order valence-electron chi connectivity index (χ4n) is 3.75. The van der Waals surface area contributed by atoms with Crippen LogP contribution in [-0.2, 0) is 21.4 Å². The molecule has 1 aromatic heterocycles. The number of carbonyl (C=O) groups excluding carboxylic acids is 1. The number of amides is 1. The molecule has 1 N–H and O–H groups in total. The van der Waals surface area contributed by atoms with Crippen LogP contribution in [0, 0.1) is 5.82 Å². The van der Waals surface area contributed by atoms with Gasteiger partial charge < -0.3 is 14.8 Å². The molecule has 172 valence electrons. The van der Waals surface area contributed by atoms with Crippen molar-refractivity contribution < 1.29 is 17.6 Å². The van der Waals surface area contributed by atoms with E-state index in [4.69, 9.17) is 0 Å². The van der Waals surface area contributed by atoms with Crippen LogP contribution in [0.2, 0.25) is 0 Å². The quantitative estimate of drug-likeness (QED) is 0.609. The molecule has 0 spiro atoms. The van der Waals surface area contributed by atoms with Gasteiger partial charge in [-0.15, -0.1) is 4.40 Å². The van der Waals surface area contributed by atoms with Crippen molar-refractivity contribution in [3.8, 4) is 11.3 Å². The molecule has 34 heavy (non-hydrogen) atoms. The number of aromatic nitrogens is 2. The van der Waals surface area contributed by atoms with Crippen molar-refractivity contribution in [2.24, 2.45) is 4.40 Å². The fraction of sp³-hybridized carbons (Fsp3) is 0.125. The summed E-state index contributed by atoms with van der Waals surface area (Å²) in [6, 6.07) is 15.6. The van der Waals surface area contributed by atoms with Gasteiger partial charge in [-0.05, 0) is 42.0 Å². The Labute approximate surface area is 195 Å². The van der Waals surface area contributed by atoms with Gasteiger partial charge in [-0.25, -0.2) is 17.8 Å². The van der Waals surface area contributed by atoms with E-state index in [0.717, 1.165) is 5.56 Å². The molecule has 8 nitrogen and oxygen atoms in total. The lowest BCUT2D eigenvalue weighted by Gasteiger charge is -2.27. The van der Waals surface area contributed by atoms with Crippen molar-refractivity contribution in [3.05, 3.63) is 96.2 Å². The number of fused-ring (bicyclic) bond motifs is 1. The molecule has 0 bridgehead atoms. The van der Waals surface area contributed by atoms with E-state index in [1.165, 1.54) is 24.3 Å². The molecule has 0 unspecified atom stereocenters. The van der Waals surface area contributed by atoms with E-state index < -0.39 is 10.0 Å². The van der Waals surface area contributed by atoms with Crippen molar-refractivity contribution in [3.63, 3.8) is 0 Å². The number of sulfonamides is 1. The number of amidine groups is 1. The summed E-state index contributed by atoms with van der Waals surface area (Å²) in [5.41, 5.74) is 2.53. The third-order valence-corrected chi connectivity index (χ3v) is 6.63. The summed E-state index contributed by atoms with van der Waals surface area (Å²) >= 11 is 0. The van der Waals surface area contributed by atoms with Crippen molar-refractivity contribution >= 4 is 27.6 Å². The Bertz CT molecular complexity index is 1440. The SMILES string of the molecule is O=C(Nc1c(-c2ccc(F)cc2)ncn1Cc1ccccc1)C1=CN2CCS(=O)(=O)N=C2C=C1. The van der Waals surface area contributed by atoms with Crippen LogP contribution in [0.5, 0.6) is 0 Å². The second-order valence-corrected chi connectivity index (χ2v) is 9.62. The average molecular weight is 478 g/mol. The van der Waals surface area contributed by atoms with Gasteiger partial charge >= 0.3 is 0 Å².